The Morgan fingerprint density at radius 2 is 0.875 bits per heavy atom. The van der Waals surface area contributed by atoms with Crippen molar-refractivity contribution in [2.24, 2.45) is 0 Å². The summed E-state index contributed by atoms with van der Waals surface area (Å²) in [6.07, 6.45) is 12.4. The van der Waals surface area contributed by atoms with Crippen molar-refractivity contribution in [3.63, 3.8) is 0 Å². The molecule has 7 aromatic rings. The van der Waals surface area contributed by atoms with E-state index < -0.39 is 0 Å². The zero-order chi connectivity index (χ0) is 32.9. The first-order valence-electron chi connectivity index (χ1n) is 16.6. The third kappa shape index (κ3) is 6.24. The van der Waals surface area contributed by atoms with Crippen molar-refractivity contribution < 1.29 is 0 Å². The second-order valence-corrected chi connectivity index (χ2v) is 12.3. The van der Waals surface area contributed by atoms with E-state index in [0.29, 0.717) is 0 Å². The van der Waals surface area contributed by atoms with Gasteiger partial charge in [0.1, 0.15) is 0 Å². The molecule has 48 heavy (non-hydrogen) atoms. The van der Waals surface area contributed by atoms with E-state index in [1.54, 1.807) is 0 Å². The van der Waals surface area contributed by atoms with Gasteiger partial charge in [-0.2, -0.15) is 0 Å². The molecule has 232 valence electrons. The highest BCUT2D eigenvalue weighted by molar-refractivity contribution is 6.21. The van der Waals surface area contributed by atoms with Crippen molar-refractivity contribution >= 4 is 44.7 Å². The lowest BCUT2D eigenvalue weighted by atomic mass is 9.84. The van der Waals surface area contributed by atoms with Crippen molar-refractivity contribution in [2.45, 2.75) is 20.8 Å². The third-order valence-corrected chi connectivity index (χ3v) is 8.88. The summed E-state index contributed by atoms with van der Waals surface area (Å²) < 4.78 is 0. The lowest BCUT2D eigenvalue weighted by Gasteiger charge is -2.26. The Bertz CT molecular complexity index is 2230. The molecule has 7 rings (SSSR count). The molecular formula is C47H39N. The lowest BCUT2D eigenvalue weighted by Crippen LogP contribution is -2.09. The maximum Gasteiger partial charge on any atom is 0.0462 e. The van der Waals surface area contributed by atoms with E-state index in [1.165, 1.54) is 60.5 Å². The Balaban J connectivity index is 1.38. The molecule has 0 atom stereocenters. The summed E-state index contributed by atoms with van der Waals surface area (Å²) in [6.45, 7) is 6.40. The Labute approximate surface area is 284 Å². The Hall–Kier alpha value is -5.92. The molecular weight excluding hydrogens is 579 g/mol. The van der Waals surface area contributed by atoms with Crippen LogP contribution in [0, 0.1) is 13.8 Å². The van der Waals surface area contributed by atoms with Crippen molar-refractivity contribution in [1.29, 1.82) is 0 Å². The van der Waals surface area contributed by atoms with E-state index >= 15 is 0 Å². The molecule has 0 fully saturated rings. The molecule has 1 heteroatoms. The summed E-state index contributed by atoms with van der Waals surface area (Å²) >= 11 is 0. The van der Waals surface area contributed by atoms with Crippen LogP contribution in [0.1, 0.15) is 23.6 Å². The summed E-state index contributed by atoms with van der Waals surface area (Å²) in [4.78, 5) is 2.31. The van der Waals surface area contributed by atoms with Crippen LogP contribution in [0.3, 0.4) is 0 Å². The van der Waals surface area contributed by atoms with E-state index in [1.807, 2.05) is 25.2 Å². The largest absolute Gasteiger partial charge is 0.311 e. The highest BCUT2D eigenvalue weighted by Gasteiger charge is 2.18. The molecule has 0 bridgehead atoms. The van der Waals surface area contributed by atoms with E-state index in [4.69, 9.17) is 0 Å². The number of hydrogen-bond donors (Lipinski definition) is 0. The van der Waals surface area contributed by atoms with Gasteiger partial charge >= 0.3 is 0 Å². The van der Waals surface area contributed by atoms with Crippen LogP contribution in [0.25, 0.3) is 49.9 Å². The summed E-state index contributed by atoms with van der Waals surface area (Å²) in [5.41, 5.74) is 12.1. The van der Waals surface area contributed by atoms with Gasteiger partial charge in [0.05, 0.1) is 0 Å². The van der Waals surface area contributed by atoms with Crippen LogP contribution < -0.4 is 4.90 Å². The number of nitrogens with zero attached hydrogens (tertiary/aromatic N) is 1. The molecule has 0 radical (unpaired) electrons. The quantitative estimate of drug-likeness (QED) is 0.121. The molecule has 0 heterocycles. The fourth-order valence-corrected chi connectivity index (χ4v) is 6.62. The first kappa shape index (κ1) is 30.7. The fourth-order valence-electron chi connectivity index (χ4n) is 6.62. The smallest absolute Gasteiger partial charge is 0.0462 e. The van der Waals surface area contributed by atoms with E-state index in [0.717, 1.165) is 17.1 Å². The molecule has 0 spiro atoms. The lowest BCUT2D eigenvalue weighted by molar-refractivity contribution is 1.28. The average Bonchev–Trinajstić information content (AvgIpc) is 3.12. The summed E-state index contributed by atoms with van der Waals surface area (Å²) in [5.74, 6) is 0. The second-order valence-electron chi connectivity index (χ2n) is 12.3. The van der Waals surface area contributed by atoms with Gasteiger partial charge in [-0.05, 0) is 107 Å². The minimum absolute atomic E-state index is 1.12. The van der Waals surface area contributed by atoms with Gasteiger partial charge in [-0.25, -0.2) is 0 Å². The maximum absolute atomic E-state index is 2.36. The molecule has 1 nitrogen and oxygen atoms in total. The number of rotatable bonds is 8. The third-order valence-electron chi connectivity index (χ3n) is 8.88. The van der Waals surface area contributed by atoms with Gasteiger partial charge in [0.2, 0.25) is 0 Å². The monoisotopic (exact) mass is 617 g/mol. The van der Waals surface area contributed by atoms with Crippen molar-refractivity contribution in [3.8, 4) is 22.3 Å². The van der Waals surface area contributed by atoms with Gasteiger partial charge < -0.3 is 4.90 Å². The normalized spacial score (nSPS) is 11.8. The number of anilines is 3. The van der Waals surface area contributed by atoms with Crippen LogP contribution in [0.4, 0.5) is 17.1 Å². The molecule has 0 saturated heterocycles. The predicted octanol–water partition coefficient (Wildman–Crippen LogP) is 13.6. The topological polar surface area (TPSA) is 3.24 Å². The van der Waals surface area contributed by atoms with Crippen LogP contribution in [-0.4, -0.2) is 0 Å². The van der Waals surface area contributed by atoms with E-state index in [9.17, 15) is 0 Å². The zero-order valence-corrected chi connectivity index (χ0v) is 27.8. The predicted molar refractivity (Wildman–Crippen MR) is 209 cm³/mol. The van der Waals surface area contributed by atoms with Crippen molar-refractivity contribution in [1.82, 2.24) is 0 Å². The molecule has 7 aromatic carbocycles. The highest BCUT2D eigenvalue weighted by atomic mass is 15.1. The molecule has 0 unspecified atom stereocenters. The number of fused-ring (bicyclic) bond motifs is 2. The molecule has 0 aromatic heterocycles. The van der Waals surface area contributed by atoms with Gasteiger partial charge in [0.15, 0.2) is 0 Å². The van der Waals surface area contributed by atoms with Crippen LogP contribution in [0.5, 0.6) is 0 Å². The Morgan fingerprint density at radius 3 is 1.38 bits per heavy atom. The van der Waals surface area contributed by atoms with Gasteiger partial charge in [-0.15, -0.1) is 0 Å². The van der Waals surface area contributed by atoms with Gasteiger partial charge in [-0.1, -0.05) is 157 Å². The Morgan fingerprint density at radius 1 is 0.417 bits per heavy atom. The van der Waals surface area contributed by atoms with Crippen LogP contribution in [0.2, 0.25) is 0 Å². The first-order valence-corrected chi connectivity index (χ1v) is 16.6. The zero-order valence-electron chi connectivity index (χ0n) is 27.8. The summed E-state index contributed by atoms with van der Waals surface area (Å²) in [6, 6.07) is 53.0. The number of allylic oxidation sites excluding steroid dienone is 5. The van der Waals surface area contributed by atoms with E-state index in [2.05, 4.69) is 183 Å². The summed E-state index contributed by atoms with van der Waals surface area (Å²) in [7, 11) is 0. The second kappa shape index (κ2) is 13.8. The highest BCUT2D eigenvalue weighted by Crippen LogP contribution is 2.45. The standard InChI is InChI=1S/C47H39N/c1-4-5-6-7-10-15-36-22-24-37(25-23-36)46-42-30-20-35(3)33-45(42)47(43-31-21-34(2)32-44(43)46)38-26-28-41(29-27-38)48(39-16-11-8-12-17-39)40-18-13-9-14-19-40/h4-33H,1-3H3/b5-4+,7-6-,15-10-. The van der Waals surface area contributed by atoms with Gasteiger partial charge in [0.25, 0.3) is 0 Å². The van der Waals surface area contributed by atoms with Crippen LogP contribution in [0.15, 0.2) is 176 Å². The van der Waals surface area contributed by atoms with Crippen molar-refractivity contribution in [2.75, 3.05) is 4.90 Å². The number of benzene rings is 7. The molecule has 0 aliphatic rings. The Kier molecular flexibility index (Phi) is 8.85. The minimum atomic E-state index is 1.12. The maximum atomic E-state index is 2.36. The fraction of sp³-hybridized carbons (Fsp3) is 0.0638. The first-order chi connectivity index (χ1) is 23.6. The number of hydrogen-bond acceptors (Lipinski definition) is 1. The SMILES string of the molecule is C/C=C/C=C\C=C/c1ccc(-c2c3ccc(C)cc3c(-c3ccc(N(c4ccccc4)c4ccccc4)cc3)c3ccc(C)cc23)cc1. The van der Waals surface area contributed by atoms with Crippen LogP contribution in [-0.2, 0) is 0 Å². The number of aryl methyl sites for hydroxylation is 2. The molecule has 0 N–H and O–H groups in total. The van der Waals surface area contributed by atoms with Gasteiger partial charge in [0, 0.05) is 17.1 Å². The molecule has 0 aliphatic heterocycles. The number of para-hydroxylation sites is 2. The van der Waals surface area contributed by atoms with Gasteiger partial charge in [-0.3, -0.25) is 0 Å². The molecule has 0 saturated carbocycles. The molecule has 0 aliphatic carbocycles. The van der Waals surface area contributed by atoms with Crippen molar-refractivity contribution in [3.05, 3.63) is 193 Å². The van der Waals surface area contributed by atoms with E-state index in [-0.39, 0.29) is 0 Å². The molecule has 0 amide bonds. The summed E-state index contributed by atoms with van der Waals surface area (Å²) in [5, 5.41) is 5.08. The van der Waals surface area contributed by atoms with Crippen LogP contribution >= 0.6 is 0 Å². The average molecular weight is 618 g/mol. The minimum Gasteiger partial charge on any atom is -0.311 e.